The lowest BCUT2D eigenvalue weighted by atomic mass is 9.91. The number of hydrogen-bond acceptors (Lipinski definition) is 4. The molecular weight excluding hydrogens is 184 g/mol. The van der Waals surface area contributed by atoms with Gasteiger partial charge in [-0.1, -0.05) is 6.08 Å². The average molecular weight is 198 g/mol. The van der Waals surface area contributed by atoms with Gasteiger partial charge in [0.05, 0.1) is 13.0 Å². The quantitative estimate of drug-likeness (QED) is 0.491. The first-order valence-corrected chi connectivity index (χ1v) is 4.57. The SMILES string of the molecule is COC(=O)[C@@H]1CCC=C[C@H]1OC(C)=O. The molecule has 0 heterocycles. The van der Waals surface area contributed by atoms with Crippen molar-refractivity contribution < 1.29 is 19.1 Å². The van der Waals surface area contributed by atoms with Gasteiger partial charge in [-0.25, -0.2) is 0 Å². The van der Waals surface area contributed by atoms with Crippen LogP contribution in [0.3, 0.4) is 0 Å². The first-order valence-electron chi connectivity index (χ1n) is 4.57. The average Bonchev–Trinajstić information content (AvgIpc) is 2.16. The molecule has 1 rings (SSSR count). The fourth-order valence-corrected chi connectivity index (χ4v) is 1.52. The van der Waals surface area contributed by atoms with E-state index in [1.807, 2.05) is 6.08 Å². The summed E-state index contributed by atoms with van der Waals surface area (Å²) in [6.07, 6.45) is 4.67. The molecule has 0 aromatic carbocycles. The van der Waals surface area contributed by atoms with E-state index in [1.165, 1.54) is 14.0 Å². The topological polar surface area (TPSA) is 52.6 Å². The van der Waals surface area contributed by atoms with Crippen molar-refractivity contribution in [2.75, 3.05) is 7.11 Å². The van der Waals surface area contributed by atoms with E-state index in [1.54, 1.807) is 6.08 Å². The molecule has 0 spiro atoms. The van der Waals surface area contributed by atoms with E-state index in [-0.39, 0.29) is 17.9 Å². The van der Waals surface area contributed by atoms with Crippen molar-refractivity contribution in [3.8, 4) is 0 Å². The molecule has 0 unspecified atom stereocenters. The maximum Gasteiger partial charge on any atom is 0.312 e. The zero-order valence-corrected chi connectivity index (χ0v) is 8.36. The Morgan fingerprint density at radius 2 is 2.14 bits per heavy atom. The van der Waals surface area contributed by atoms with Crippen LogP contribution in [0.15, 0.2) is 12.2 Å². The molecule has 0 saturated heterocycles. The highest BCUT2D eigenvalue weighted by atomic mass is 16.6. The van der Waals surface area contributed by atoms with Gasteiger partial charge in [0.25, 0.3) is 0 Å². The van der Waals surface area contributed by atoms with Gasteiger partial charge >= 0.3 is 11.9 Å². The van der Waals surface area contributed by atoms with Crippen molar-refractivity contribution in [1.82, 2.24) is 0 Å². The van der Waals surface area contributed by atoms with Crippen molar-refractivity contribution in [3.05, 3.63) is 12.2 Å². The Hall–Kier alpha value is -1.32. The molecule has 0 bridgehead atoms. The van der Waals surface area contributed by atoms with Gasteiger partial charge in [-0.2, -0.15) is 0 Å². The third-order valence-electron chi connectivity index (χ3n) is 2.17. The number of carbonyl (C=O) groups is 2. The van der Waals surface area contributed by atoms with Crippen LogP contribution in [0.25, 0.3) is 0 Å². The minimum atomic E-state index is -0.464. The minimum absolute atomic E-state index is 0.319. The Morgan fingerprint density at radius 3 is 2.71 bits per heavy atom. The van der Waals surface area contributed by atoms with Crippen molar-refractivity contribution in [1.29, 1.82) is 0 Å². The number of methoxy groups -OCH3 is 1. The lowest BCUT2D eigenvalue weighted by molar-refractivity contribution is -0.156. The molecular formula is C10H14O4. The predicted octanol–water partition coefficient (Wildman–Crippen LogP) is 1.06. The van der Waals surface area contributed by atoms with Crippen LogP contribution in [0.2, 0.25) is 0 Å². The summed E-state index contributed by atoms with van der Waals surface area (Å²) in [4.78, 5) is 22.1. The van der Waals surface area contributed by atoms with Crippen LogP contribution < -0.4 is 0 Å². The molecule has 0 aromatic rings. The highest BCUT2D eigenvalue weighted by molar-refractivity contribution is 5.74. The standard InChI is InChI=1S/C10H14O4/c1-7(11)14-9-6-4-3-5-8(9)10(12)13-2/h4,6,8-9H,3,5H2,1-2H3/t8-,9-/m1/s1. The third kappa shape index (κ3) is 2.58. The number of carbonyl (C=O) groups excluding carboxylic acids is 2. The van der Waals surface area contributed by atoms with Crippen LogP contribution in [-0.4, -0.2) is 25.2 Å². The Labute approximate surface area is 82.9 Å². The first kappa shape index (κ1) is 10.8. The van der Waals surface area contributed by atoms with Gasteiger partial charge in [-0.15, -0.1) is 0 Å². The Morgan fingerprint density at radius 1 is 1.43 bits per heavy atom. The molecule has 4 nitrogen and oxygen atoms in total. The second kappa shape index (κ2) is 4.79. The number of hydrogen-bond donors (Lipinski definition) is 0. The van der Waals surface area contributed by atoms with Gasteiger partial charge in [-0.3, -0.25) is 9.59 Å². The number of esters is 2. The van der Waals surface area contributed by atoms with Crippen molar-refractivity contribution in [2.24, 2.45) is 5.92 Å². The summed E-state index contributed by atoms with van der Waals surface area (Å²) in [7, 11) is 1.34. The largest absolute Gasteiger partial charge is 0.469 e. The Bertz CT molecular complexity index is 257. The molecule has 0 aromatic heterocycles. The Balaban J connectivity index is 2.67. The van der Waals surface area contributed by atoms with Crippen LogP contribution in [0, 0.1) is 5.92 Å². The molecule has 0 radical (unpaired) electrons. The zero-order valence-electron chi connectivity index (χ0n) is 8.36. The van der Waals surface area contributed by atoms with Crippen LogP contribution in [0.5, 0.6) is 0 Å². The number of ether oxygens (including phenoxy) is 2. The van der Waals surface area contributed by atoms with E-state index in [4.69, 9.17) is 4.74 Å². The van der Waals surface area contributed by atoms with E-state index in [0.717, 1.165) is 6.42 Å². The fourth-order valence-electron chi connectivity index (χ4n) is 1.52. The van der Waals surface area contributed by atoms with Gasteiger partial charge in [-0.05, 0) is 18.9 Å². The van der Waals surface area contributed by atoms with Gasteiger partial charge in [0.15, 0.2) is 0 Å². The molecule has 0 saturated carbocycles. The second-order valence-corrected chi connectivity index (χ2v) is 3.21. The van der Waals surface area contributed by atoms with Crippen LogP contribution in [0.4, 0.5) is 0 Å². The van der Waals surface area contributed by atoms with Gasteiger partial charge in [0.2, 0.25) is 0 Å². The number of rotatable bonds is 2. The minimum Gasteiger partial charge on any atom is -0.469 e. The highest BCUT2D eigenvalue weighted by Gasteiger charge is 2.31. The van der Waals surface area contributed by atoms with Crippen LogP contribution in [-0.2, 0) is 19.1 Å². The number of allylic oxidation sites excluding steroid dienone is 1. The van der Waals surface area contributed by atoms with Crippen LogP contribution >= 0.6 is 0 Å². The summed E-state index contributed by atoms with van der Waals surface area (Å²) in [6.45, 7) is 1.33. The Kier molecular flexibility index (Phi) is 3.68. The van der Waals surface area contributed by atoms with Crippen molar-refractivity contribution in [2.45, 2.75) is 25.9 Å². The van der Waals surface area contributed by atoms with Gasteiger partial charge in [0, 0.05) is 6.92 Å². The molecule has 14 heavy (non-hydrogen) atoms. The lowest BCUT2D eigenvalue weighted by Gasteiger charge is -2.24. The molecule has 0 fully saturated rings. The summed E-state index contributed by atoms with van der Waals surface area (Å²) in [6, 6.07) is 0. The summed E-state index contributed by atoms with van der Waals surface area (Å²) in [5.74, 6) is -1.05. The molecule has 2 atom stereocenters. The smallest absolute Gasteiger partial charge is 0.312 e. The molecule has 0 aliphatic heterocycles. The summed E-state index contributed by atoms with van der Waals surface area (Å²) >= 11 is 0. The maximum atomic E-state index is 11.3. The lowest BCUT2D eigenvalue weighted by Crippen LogP contribution is -2.33. The fraction of sp³-hybridized carbons (Fsp3) is 0.600. The first-order chi connectivity index (χ1) is 6.65. The second-order valence-electron chi connectivity index (χ2n) is 3.21. The molecule has 0 N–H and O–H groups in total. The predicted molar refractivity (Wildman–Crippen MR) is 49.4 cm³/mol. The molecule has 4 heteroatoms. The van der Waals surface area contributed by atoms with Crippen molar-refractivity contribution >= 4 is 11.9 Å². The molecule has 78 valence electrons. The summed E-state index contributed by atoms with van der Waals surface area (Å²) in [5, 5.41) is 0. The van der Waals surface area contributed by atoms with E-state index < -0.39 is 6.10 Å². The molecule has 0 amide bonds. The van der Waals surface area contributed by atoms with E-state index >= 15 is 0 Å². The monoisotopic (exact) mass is 198 g/mol. The van der Waals surface area contributed by atoms with Gasteiger partial charge in [0.1, 0.15) is 6.10 Å². The maximum absolute atomic E-state index is 11.3. The molecule has 1 aliphatic rings. The van der Waals surface area contributed by atoms with E-state index in [2.05, 4.69) is 4.74 Å². The molecule has 1 aliphatic carbocycles. The summed E-state index contributed by atoms with van der Waals surface area (Å²) in [5.41, 5.74) is 0. The normalized spacial score (nSPS) is 25.6. The zero-order chi connectivity index (χ0) is 10.6. The summed E-state index contributed by atoms with van der Waals surface area (Å²) < 4.78 is 9.64. The highest BCUT2D eigenvalue weighted by Crippen LogP contribution is 2.22. The van der Waals surface area contributed by atoms with Gasteiger partial charge < -0.3 is 9.47 Å². The van der Waals surface area contributed by atoms with Crippen LogP contribution in [0.1, 0.15) is 19.8 Å². The van der Waals surface area contributed by atoms with E-state index in [0.29, 0.717) is 6.42 Å². The van der Waals surface area contributed by atoms with Crippen molar-refractivity contribution in [3.63, 3.8) is 0 Å². The third-order valence-corrected chi connectivity index (χ3v) is 2.17. The van der Waals surface area contributed by atoms with E-state index in [9.17, 15) is 9.59 Å².